The highest BCUT2D eigenvalue weighted by Gasteiger charge is 2.51. The molecule has 4 heterocycles. The first-order valence-corrected chi connectivity index (χ1v) is 28.8. The minimum absolute atomic E-state index is 0.00945. The van der Waals surface area contributed by atoms with Gasteiger partial charge in [0.1, 0.15) is 5.84 Å². The molecule has 1 saturated carbocycles. The minimum Gasteiger partial charge on any atom is -0.395 e. The number of carbonyl (C=O) groups is 4. The molecule has 17 nitrogen and oxygen atoms in total. The fourth-order valence-corrected chi connectivity index (χ4v) is 13.2. The van der Waals surface area contributed by atoms with E-state index < -0.39 is 60.5 Å². The standard InChI is InChI=1S/C57H62N6O11S2/c1-4-22-62(24-25-64)53(66)41-26-40-13-14-45(29-50(40)61-51(58)28-41)57(20-21-57)56(68)60-46-27-42-31-63(23-19-49(42)59-30-46)54(67)43-32-73-55(74-33-43)39-11-9-38(10-12-39)52(65)44(34-75(69,70)47-15-5-36(2)6-16-47)35-76(71,72)48-17-7-37(3)8-18-48/h5-18,26-27,29-30,43-44,55,64H,4,19-25,28,31-35H2,1-3H3,(H2,58,61)(H,60,68). The second kappa shape index (κ2) is 22.4. The number of nitrogens with zero attached hydrogens (tertiary/aromatic N) is 4. The number of rotatable bonds is 18. The van der Waals surface area contributed by atoms with Crippen molar-refractivity contribution in [2.75, 3.05) is 56.3 Å². The highest BCUT2D eigenvalue weighted by molar-refractivity contribution is 7.92. The number of carbonyl (C=O) groups excluding carboxylic acids is 4. The van der Waals surface area contributed by atoms with Gasteiger partial charge in [-0.15, -0.1) is 0 Å². The van der Waals surface area contributed by atoms with Crippen molar-refractivity contribution < 1.29 is 50.6 Å². The molecule has 4 aromatic carbocycles. The van der Waals surface area contributed by atoms with E-state index in [2.05, 4.69) is 15.3 Å². The lowest BCUT2D eigenvalue weighted by Gasteiger charge is -2.34. The lowest BCUT2D eigenvalue weighted by atomic mass is 9.92. The molecule has 1 aromatic heterocycles. The molecule has 5 aromatic rings. The average molecular weight is 1070 g/mol. The molecule has 1 saturated heterocycles. The Balaban J connectivity index is 0.814. The highest BCUT2D eigenvalue weighted by atomic mass is 32.2. The molecule has 0 radical (unpaired) electrons. The summed E-state index contributed by atoms with van der Waals surface area (Å²) in [6.45, 7) is 6.98. The Bertz CT molecular complexity index is 3250. The van der Waals surface area contributed by atoms with Gasteiger partial charge in [-0.25, -0.2) is 21.8 Å². The van der Waals surface area contributed by atoms with Crippen LogP contribution in [0.2, 0.25) is 0 Å². The van der Waals surface area contributed by atoms with Crippen LogP contribution in [0.5, 0.6) is 0 Å². The summed E-state index contributed by atoms with van der Waals surface area (Å²) in [4.78, 5) is 68.1. The number of nitrogens with two attached hydrogens (primary N) is 1. The van der Waals surface area contributed by atoms with Crippen molar-refractivity contribution in [1.29, 1.82) is 0 Å². The van der Waals surface area contributed by atoms with Crippen molar-refractivity contribution in [3.63, 3.8) is 0 Å². The smallest absolute Gasteiger partial charge is 0.250 e. The van der Waals surface area contributed by atoms with Gasteiger partial charge in [-0.2, -0.15) is 0 Å². The SMILES string of the molecule is CCCN(CCO)C(=O)C1=Cc2ccc(C3(C(=O)Nc4cnc5c(c4)CN(C(=O)C4COC(c6ccc(C(=O)C(CS(=O)(=O)c7ccc(C)cc7)CS(=O)(=O)c7ccc(C)cc7)cc6)OC4)CC5)CC3)cc2N=C(N)C1. The fraction of sp³-hybridized carbons (Fsp3) is 0.368. The summed E-state index contributed by atoms with van der Waals surface area (Å²) >= 11 is 0. The lowest BCUT2D eigenvalue weighted by Crippen LogP contribution is -2.44. The first-order chi connectivity index (χ1) is 36.4. The van der Waals surface area contributed by atoms with Crippen molar-refractivity contribution in [2.45, 2.75) is 80.9 Å². The van der Waals surface area contributed by atoms with Crippen LogP contribution in [0.25, 0.3) is 6.08 Å². The van der Waals surface area contributed by atoms with Gasteiger partial charge < -0.3 is 35.4 Å². The zero-order valence-corrected chi connectivity index (χ0v) is 44.4. The van der Waals surface area contributed by atoms with Crippen LogP contribution in [0.4, 0.5) is 11.4 Å². The number of fused-ring (bicyclic) bond motifs is 2. The molecular weight excluding hydrogens is 1010 g/mol. The Morgan fingerprint density at radius 3 is 2.08 bits per heavy atom. The van der Waals surface area contributed by atoms with Crippen LogP contribution < -0.4 is 11.1 Å². The van der Waals surface area contributed by atoms with Crippen molar-refractivity contribution in [1.82, 2.24) is 14.8 Å². The third kappa shape index (κ3) is 11.9. The zero-order valence-electron chi connectivity index (χ0n) is 42.7. The van der Waals surface area contributed by atoms with Crippen LogP contribution in [-0.4, -0.2) is 117 Å². The van der Waals surface area contributed by atoms with Gasteiger partial charge in [-0.3, -0.25) is 24.2 Å². The van der Waals surface area contributed by atoms with Gasteiger partial charge in [0.05, 0.1) is 75.9 Å². The molecule has 1 aliphatic carbocycles. The van der Waals surface area contributed by atoms with Crippen LogP contribution in [0.1, 0.15) is 88.3 Å². The first kappa shape index (κ1) is 53.9. The van der Waals surface area contributed by atoms with Gasteiger partial charge in [0.2, 0.25) is 17.7 Å². The number of anilines is 1. The molecule has 19 heteroatoms. The van der Waals surface area contributed by atoms with Crippen LogP contribution in [0.15, 0.2) is 124 Å². The number of aliphatic hydroxyl groups is 1. The molecule has 76 heavy (non-hydrogen) atoms. The summed E-state index contributed by atoms with van der Waals surface area (Å²) in [7, 11) is -8.15. The van der Waals surface area contributed by atoms with E-state index in [0.717, 1.165) is 34.4 Å². The predicted octanol–water partition coefficient (Wildman–Crippen LogP) is 6.37. The number of hydrogen-bond acceptors (Lipinski definition) is 14. The molecule has 0 spiro atoms. The number of amides is 3. The van der Waals surface area contributed by atoms with E-state index in [1.807, 2.05) is 45.0 Å². The maximum absolute atomic E-state index is 14.1. The van der Waals surface area contributed by atoms with Crippen LogP contribution in [0.3, 0.4) is 0 Å². The highest BCUT2D eigenvalue weighted by Crippen LogP contribution is 2.50. The van der Waals surface area contributed by atoms with Gasteiger partial charge in [0, 0.05) is 67.0 Å². The molecule has 2 fully saturated rings. The third-order valence-electron chi connectivity index (χ3n) is 14.5. The normalized spacial score (nSPS) is 18.1. The number of Topliss-reactive ketones (excluding diaryl/α,β-unsaturated/α-hetero) is 1. The van der Waals surface area contributed by atoms with E-state index in [0.29, 0.717) is 60.4 Å². The maximum atomic E-state index is 14.1. The number of sulfone groups is 2. The Kier molecular flexibility index (Phi) is 15.9. The molecule has 4 aliphatic rings. The minimum atomic E-state index is -4.07. The van der Waals surface area contributed by atoms with Gasteiger partial charge >= 0.3 is 0 Å². The number of nitrogens with one attached hydrogen (secondary N) is 1. The number of pyridine rings is 1. The van der Waals surface area contributed by atoms with Crippen molar-refractivity contribution in [2.24, 2.45) is 22.6 Å². The largest absolute Gasteiger partial charge is 0.395 e. The van der Waals surface area contributed by atoms with Crippen molar-refractivity contribution in [3.8, 4) is 0 Å². The predicted molar refractivity (Wildman–Crippen MR) is 286 cm³/mol. The molecule has 9 rings (SSSR count). The number of aromatic nitrogens is 1. The molecular formula is C57H62N6O11S2. The molecule has 0 atom stereocenters. The summed E-state index contributed by atoms with van der Waals surface area (Å²) in [5.41, 5.74) is 12.6. The first-order valence-electron chi connectivity index (χ1n) is 25.5. The zero-order chi connectivity index (χ0) is 53.9. The van der Waals surface area contributed by atoms with E-state index >= 15 is 0 Å². The van der Waals surface area contributed by atoms with E-state index in [1.54, 1.807) is 58.5 Å². The van der Waals surface area contributed by atoms with Gasteiger partial charge in [0.15, 0.2) is 31.7 Å². The Morgan fingerprint density at radius 2 is 1.49 bits per heavy atom. The summed E-state index contributed by atoms with van der Waals surface area (Å²) in [6.07, 6.45) is 5.20. The fourth-order valence-electron chi connectivity index (χ4n) is 9.99. The summed E-state index contributed by atoms with van der Waals surface area (Å²) in [5, 5.41) is 12.6. The number of aliphatic imine (C=N–C) groups is 1. The summed E-state index contributed by atoms with van der Waals surface area (Å²) in [6, 6.07) is 26.0. The molecule has 0 bridgehead atoms. The topological polar surface area (TPSA) is 245 Å². The lowest BCUT2D eigenvalue weighted by molar-refractivity contribution is -0.209. The van der Waals surface area contributed by atoms with Crippen molar-refractivity contribution >= 4 is 66.5 Å². The van der Waals surface area contributed by atoms with Crippen molar-refractivity contribution in [3.05, 3.63) is 153 Å². The van der Waals surface area contributed by atoms with Crippen LogP contribution in [-0.2, 0) is 61.9 Å². The van der Waals surface area contributed by atoms with Gasteiger partial charge in [-0.1, -0.05) is 78.7 Å². The summed E-state index contributed by atoms with van der Waals surface area (Å²) in [5.74, 6) is -4.39. The average Bonchev–Trinajstić information content (AvgIpc) is 4.27. The maximum Gasteiger partial charge on any atom is 0.250 e. The Hall–Kier alpha value is -6.90. The number of aryl methyl sites for hydroxylation is 2. The van der Waals surface area contributed by atoms with Crippen LogP contribution in [0, 0.1) is 25.7 Å². The summed E-state index contributed by atoms with van der Waals surface area (Å²) < 4.78 is 66.6. The number of amidine groups is 1. The van der Waals surface area contributed by atoms with E-state index in [-0.39, 0.29) is 78.2 Å². The van der Waals surface area contributed by atoms with Gasteiger partial charge in [0.25, 0.3) is 0 Å². The number of benzene rings is 4. The van der Waals surface area contributed by atoms with E-state index in [1.165, 1.54) is 36.4 Å². The molecule has 398 valence electrons. The van der Waals surface area contributed by atoms with E-state index in [9.17, 15) is 41.1 Å². The molecule has 3 amide bonds. The third-order valence-corrected chi connectivity index (χ3v) is 18.1. The number of ketones is 1. The monoisotopic (exact) mass is 1070 g/mol. The van der Waals surface area contributed by atoms with Crippen LogP contribution >= 0.6 is 0 Å². The molecule has 0 unspecified atom stereocenters. The Labute approximate surface area is 443 Å². The molecule has 3 aliphatic heterocycles. The second-order valence-corrected chi connectivity index (χ2v) is 24.3. The van der Waals surface area contributed by atoms with Gasteiger partial charge in [-0.05, 0) is 86.7 Å². The number of ether oxygens (including phenoxy) is 2. The van der Waals surface area contributed by atoms with E-state index in [4.69, 9.17) is 15.2 Å². The second-order valence-electron chi connectivity index (χ2n) is 20.2. The number of hydrogen-bond donors (Lipinski definition) is 3. The number of aliphatic hydroxyl groups excluding tert-OH is 1. The molecule has 4 N–H and O–H groups in total. The quantitative estimate of drug-likeness (QED) is 0.0809. The Morgan fingerprint density at radius 1 is 0.855 bits per heavy atom.